The van der Waals surface area contributed by atoms with Gasteiger partial charge in [0.1, 0.15) is 17.3 Å². The van der Waals surface area contributed by atoms with E-state index in [9.17, 15) is 18.4 Å². The van der Waals surface area contributed by atoms with Gasteiger partial charge in [0.25, 0.3) is 5.91 Å². The van der Waals surface area contributed by atoms with Gasteiger partial charge in [0.05, 0.1) is 12.0 Å². The van der Waals surface area contributed by atoms with E-state index < -0.39 is 29.0 Å². The topological polar surface area (TPSA) is 71.1 Å². The second-order valence-electron chi connectivity index (χ2n) is 6.57. The van der Waals surface area contributed by atoms with Gasteiger partial charge in [0, 0.05) is 17.4 Å². The number of hydrogen-bond donors (Lipinski definition) is 2. The highest BCUT2D eigenvalue weighted by Crippen LogP contribution is 2.14. The van der Waals surface area contributed by atoms with Crippen LogP contribution in [0.4, 0.5) is 14.5 Å². The third-order valence-corrected chi connectivity index (χ3v) is 3.65. The molecule has 0 radical (unpaired) electrons. The first-order valence-electron chi connectivity index (χ1n) is 8.36. The summed E-state index contributed by atoms with van der Waals surface area (Å²) in [4.78, 5) is 28.4. The van der Waals surface area contributed by atoms with E-state index in [0.717, 1.165) is 18.2 Å². The maximum absolute atomic E-state index is 13.6. The predicted molar refractivity (Wildman–Crippen MR) is 99.3 cm³/mol. The van der Waals surface area contributed by atoms with Crippen molar-refractivity contribution >= 4 is 17.5 Å². The molecule has 0 fully saturated rings. The van der Waals surface area contributed by atoms with Crippen LogP contribution >= 0.6 is 0 Å². The molecular formula is C20H21F2N3O2. The molecule has 5 nitrogen and oxygen atoms in total. The van der Waals surface area contributed by atoms with Gasteiger partial charge in [-0.1, -0.05) is 12.2 Å². The third kappa shape index (κ3) is 5.99. The number of anilines is 1. The Balaban J connectivity index is 2.07. The fourth-order valence-corrected chi connectivity index (χ4v) is 2.50. The number of carbonyl (C=O) groups is 2. The Bertz CT molecular complexity index is 879. The summed E-state index contributed by atoms with van der Waals surface area (Å²) in [6.45, 7) is 5.53. The Hall–Kier alpha value is -3.09. The lowest BCUT2D eigenvalue weighted by atomic mass is 10.0. The number of halogens is 2. The largest absolute Gasteiger partial charge is 0.342 e. The van der Waals surface area contributed by atoms with Crippen molar-refractivity contribution in [3.63, 3.8) is 0 Å². The highest BCUT2D eigenvalue weighted by Gasteiger charge is 2.19. The predicted octanol–water partition coefficient (Wildman–Crippen LogP) is 3.63. The van der Waals surface area contributed by atoms with Gasteiger partial charge >= 0.3 is 0 Å². The van der Waals surface area contributed by atoms with Gasteiger partial charge in [-0.3, -0.25) is 14.6 Å². The van der Waals surface area contributed by atoms with Gasteiger partial charge in [0.2, 0.25) is 5.91 Å². The molecule has 27 heavy (non-hydrogen) atoms. The van der Waals surface area contributed by atoms with E-state index in [1.54, 1.807) is 0 Å². The standard InChI is InChI=1S/C20H21F2N3O2/c1-4-8-20(2,3)25-19(27)17-12-15(7-9-23-17)24-18(26)11-13-10-14(21)5-6-16(13)22/h4-10,12H,11H2,1-3H3,(H,25,27)(H,23,24,26)/b8-4-. The average molecular weight is 373 g/mol. The van der Waals surface area contributed by atoms with Gasteiger partial charge < -0.3 is 10.6 Å². The molecule has 2 N–H and O–H groups in total. The van der Waals surface area contributed by atoms with E-state index in [4.69, 9.17) is 0 Å². The molecule has 0 aliphatic rings. The molecule has 7 heteroatoms. The van der Waals surface area contributed by atoms with Gasteiger partial charge in [-0.2, -0.15) is 0 Å². The fraction of sp³-hybridized carbons (Fsp3) is 0.250. The van der Waals surface area contributed by atoms with Crippen LogP contribution in [0.1, 0.15) is 36.8 Å². The summed E-state index contributed by atoms with van der Waals surface area (Å²) < 4.78 is 26.8. The highest BCUT2D eigenvalue weighted by atomic mass is 19.1. The maximum Gasteiger partial charge on any atom is 0.270 e. The quantitative estimate of drug-likeness (QED) is 0.760. The van der Waals surface area contributed by atoms with Crippen LogP contribution in [0.25, 0.3) is 0 Å². The van der Waals surface area contributed by atoms with Crippen molar-refractivity contribution in [1.82, 2.24) is 10.3 Å². The number of hydrogen-bond acceptors (Lipinski definition) is 3. The van der Waals surface area contributed by atoms with Crippen molar-refractivity contribution in [2.24, 2.45) is 0 Å². The Labute approximate surface area is 156 Å². The molecule has 1 heterocycles. The first-order chi connectivity index (χ1) is 12.7. The summed E-state index contributed by atoms with van der Waals surface area (Å²) in [5.74, 6) is -2.21. The number of carbonyl (C=O) groups excluding carboxylic acids is 2. The smallest absolute Gasteiger partial charge is 0.270 e. The van der Waals surface area contributed by atoms with Crippen LogP contribution in [0.5, 0.6) is 0 Å². The van der Waals surface area contributed by atoms with Crippen molar-refractivity contribution in [1.29, 1.82) is 0 Å². The molecule has 2 aromatic rings. The monoisotopic (exact) mass is 373 g/mol. The Kier molecular flexibility index (Phi) is 6.39. The molecular weight excluding hydrogens is 352 g/mol. The number of nitrogens with zero attached hydrogens (tertiary/aromatic N) is 1. The highest BCUT2D eigenvalue weighted by molar-refractivity contribution is 5.96. The summed E-state index contributed by atoms with van der Waals surface area (Å²) in [5.41, 5.74) is -0.141. The molecule has 0 spiro atoms. The number of aromatic nitrogens is 1. The normalized spacial score (nSPS) is 11.4. The molecule has 1 aromatic carbocycles. The van der Waals surface area contributed by atoms with Gasteiger partial charge in [-0.05, 0) is 51.1 Å². The van der Waals surface area contributed by atoms with Crippen LogP contribution in [-0.2, 0) is 11.2 Å². The number of nitrogens with one attached hydrogen (secondary N) is 2. The average Bonchev–Trinajstić information content (AvgIpc) is 2.57. The number of benzene rings is 1. The Morgan fingerprint density at radius 2 is 1.93 bits per heavy atom. The number of allylic oxidation sites excluding steroid dienone is 1. The van der Waals surface area contributed by atoms with Gasteiger partial charge in [0.15, 0.2) is 0 Å². The number of rotatable bonds is 6. The summed E-state index contributed by atoms with van der Waals surface area (Å²) in [5, 5.41) is 5.37. The lowest BCUT2D eigenvalue weighted by Gasteiger charge is -2.22. The molecule has 2 rings (SSSR count). The molecule has 1 aromatic heterocycles. The summed E-state index contributed by atoms with van der Waals surface area (Å²) in [6, 6.07) is 5.86. The Morgan fingerprint density at radius 1 is 1.19 bits per heavy atom. The molecule has 2 amide bonds. The van der Waals surface area contributed by atoms with Crippen molar-refractivity contribution in [3.8, 4) is 0 Å². The minimum atomic E-state index is -0.660. The molecule has 0 aliphatic heterocycles. The molecule has 0 saturated heterocycles. The van der Waals surface area contributed by atoms with Crippen molar-refractivity contribution in [2.75, 3.05) is 5.32 Å². The van der Waals surface area contributed by atoms with Gasteiger partial charge in [-0.25, -0.2) is 8.78 Å². The second-order valence-corrected chi connectivity index (χ2v) is 6.57. The summed E-state index contributed by atoms with van der Waals surface area (Å²) in [6.07, 6.45) is 4.72. The zero-order valence-electron chi connectivity index (χ0n) is 15.3. The fourth-order valence-electron chi connectivity index (χ4n) is 2.50. The number of pyridine rings is 1. The molecule has 142 valence electrons. The second kappa shape index (κ2) is 8.53. The van der Waals surface area contributed by atoms with Crippen LogP contribution in [-0.4, -0.2) is 22.3 Å². The van der Waals surface area contributed by atoms with Crippen LogP contribution in [0.15, 0.2) is 48.7 Å². The van der Waals surface area contributed by atoms with E-state index in [-0.39, 0.29) is 17.7 Å². The maximum atomic E-state index is 13.6. The lowest BCUT2D eigenvalue weighted by Crippen LogP contribution is -2.42. The zero-order valence-corrected chi connectivity index (χ0v) is 15.3. The van der Waals surface area contributed by atoms with E-state index in [1.807, 2.05) is 32.9 Å². The van der Waals surface area contributed by atoms with Crippen LogP contribution in [0.2, 0.25) is 0 Å². The molecule has 0 bridgehead atoms. The molecule has 0 atom stereocenters. The van der Waals surface area contributed by atoms with Gasteiger partial charge in [-0.15, -0.1) is 0 Å². The summed E-state index contributed by atoms with van der Waals surface area (Å²) in [7, 11) is 0. The van der Waals surface area contributed by atoms with E-state index in [2.05, 4.69) is 15.6 Å². The van der Waals surface area contributed by atoms with Crippen LogP contribution < -0.4 is 10.6 Å². The SMILES string of the molecule is C/C=C\C(C)(C)NC(=O)c1cc(NC(=O)Cc2cc(F)ccc2F)ccn1. The zero-order chi connectivity index (χ0) is 20.0. The molecule has 0 saturated carbocycles. The summed E-state index contributed by atoms with van der Waals surface area (Å²) >= 11 is 0. The van der Waals surface area contributed by atoms with Crippen LogP contribution in [0.3, 0.4) is 0 Å². The Morgan fingerprint density at radius 3 is 2.63 bits per heavy atom. The van der Waals surface area contributed by atoms with Crippen molar-refractivity contribution in [2.45, 2.75) is 32.7 Å². The van der Waals surface area contributed by atoms with E-state index in [1.165, 1.54) is 18.3 Å². The number of amides is 2. The molecule has 0 unspecified atom stereocenters. The minimum absolute atomic E-state index is 0.0485. The van der Waals surface area contributed by atoms with E-state index in [0.29, 0.717) is 5.69 Å². The van der Waals surface area contributed by atoms with E-state index >= 15 is 0 Å². The van der Waals surface area contributed by atoms with Crippen molar-refractivity contribution < 1.29 is 18.4 Å². The minimum Gasteiger partial charge on any atom is -0.342 e. The van der Waals surface area contributed by atoms with Crippen LogP contribution in [0, 0.1) is 11.6 Å². The molecule has 0 aliphatic carbocycles. The first-order valence-corrected chi connectivity index (χ1v) is 8.36. The third-order valence-electron chi connectivity index (χ3n) is 3.65. The van der Waals surface area contributed by atoms with Crippen molar-refractivity contribution in [3.05, 3.63) is 71.6 Å². The lowest BCUT2D eigenvalue weighted by molar-refractivity contribution is -0.115. The first kappa shape index (κ1) is 20.2.